The number of carbonyl (C=O) groups excluding carboxylic acids is 1. The molecule has 0 aromatic heterocycles. The Morgan fingerprint density at radius 1 is 2.00 bits per heavy atom. The first-order valence-electron chi connectivity index (χ1n) is 2.40. The number of hydrogen-bond acceptors (Lipinski definition) is 2. The molecule has 1 aliphatic heterocycles. The van der Waals surface area contributed by atoms with Crippen molar-refractivity contribution in [2.75, 3.05) is 6.61 Å². The summed E-state index contributed by atoms with van der Waals surface area (Å²) in [5.41, 5.74) is 0. The highest BCUT2D eigenvalue weighted by molar-refractivity contribution is 5.76. The molecule has 0 unspecified atom stereocenters. The first-order chi connectivity index (χ1) is 3.29. The summed E-state index contributed by atoms with van der Waals surface area (Å²) < 4.78 is 4.80. The van der Waals surface area contributed by atoms with Crippen LogP contribution in [0.15, 0.2) is 0 Å². The van der Waals surface area contributed by atoms with E-state index in [9.17, 15) is 4.79 Å². The van der Waals surface area contributed by atoms with Crippen molar-refractivity contribution < 1.29 is 9.53 Å². The summed E-state index contributed by atoms with van der Waals surface area (Å²) in [6, 6.07) is 0. The fourth-order valence-electron chi connectivity index (χ4n) is 0.507. The third kappa shape index (κ3) is 1.69. The molecule has 0 spiro atoms. The van der Waals surface area contributed by atoms with Gasteiger partial charge in [-0.1, -0.05) is 0 Å². The molecule has 0 amide bonds. The van der Waals surface area contributed by atoms with Crippen LogP contribution >= 0.6 is 0 Å². The largest absolute Gasteiger partial charge is 0.373 e. The lowest BCUT2D eigenvalue weighted by atomic mass is 10.2. The lowest BCUT2D eigenvalue weighted by Crippen LogP contribution is -1.94. The Hall–Kier alpha value is -0.370. The van der Waals surface area contributed by atoms with Gasteiger partial charge >= 0.3 is 0 Å². The predicted molar refractivity (Wildman–Crippen MR) is 25.0 cm³/mol. The van der Waals surface area contributed by atoms with Gasteiger partial charge < -0.3 is 4.74 Å². The molecule has 1 fully saturated rings. The van der Waals surface area contributed by atoms with Crippen LogP contribution in [0, 0.1) is 0 Å². The second-order valence-corrected chi connectivity index (χ2v) is 1.86. The molecule has 7 heavy (non-hydrogen) atoms. The first kappa shape index (κ1) is 4.78. The monoisotopic (exact) mass is 100 g/mol. The zero-order valence-electron chi connectivity index (χ0n) is 4.31. The Balaban J connectivity index is 2.08. The van der Waals surface area contributed by atoms with E-state index in [4.69, 9.17) is 4.74 Å². The molecule has 1 saturated heterocycles. The Morgan fingerprint density at radius 3 is 2.71 bits per heavy atom. The fraction of sp³-hybridized carbons (Fsp3) is 0.800. The Kier molecular flexibility index (Phi) is 1.11. The summed E-state index contributed by atoms with van der Waals surface area (Å²) in [6.45, 7) is 2.38. The topological polar surface area (TPSA) is 29.6 Å². The summed E-state index contributed by atoms with van der Waals surface area (Å²) in [7, 11) is 0. The molecule has 0 saturated carbocycles. The minimum absolute atomic E-state index is 0.225. The third-order valence-electron chi connectivity index (χ3n) is 0.917. The molecule has 2 nitrogen and oxygen atoms in total. The zero-order valence-corrected chi connectivity index (χ0v) is 4.31. The quantitative estimate of drug-likeness (QED) is 0.469. The summed E-state index contributed by atoms with van der Waals surface area (Å²) in [4.78, 5) is 10.2. The van der Waals surface area contributed by atoms with Crippen molar-refractivity contribution in [3.63, 3.8) is 0 Å². The summed E-state index contributed by atoms with van der Waals surface area (Å²) >= 11 is 0. The number of Topliss-reactive ketones (excluding diaryl/α,β-unsaturated/α-hetero) is 1. The van der Waals surface area contributed by atoms with Crippen LogP contribution in [-0.4, -0.2) is 18.5 Å². The third-order valence-corrected chi connectivity index (χ3v) is 0.917. The van der Waals surface area contributed by atoms with Crippen molar-refractivity contribution in [3.8, 4) is 0 Å². The van der Waals surface area contributed by atoms with Crippen LogP contribution in [0.25, 0.3) is 0 Å². The van der Waals surface area contributed by atoms with E-state index in [0.29, 0.717) is 6.42 Å². The van der Waals surface area contributed by atoms with Crippen molar-refractivity contribution in [3.05, 3.63) is 0 Å². The van der Waals surface area contributed by atoms with Gasteiger partial charge in [0.25, 0.3) is 0 Å². The molecule has 0 aliphatic carbocycles. The normalized spacial score (nSPS) is 27.3. The Morgan fingerprint density at radius 2 is 2.57 bits per heavy atom. The van der Waals surface area contributed by atoms with Gasteiger partial charge in [-0.15, -0.1) is 0 Å². The molecule has 1 atom stereocenters. The van der Waals surface area contributed by atoms with E-state index in [-0.39, 0.29) is 11.9 Å². The number of epoxide rings is 1. The SMILES string of the molecule is CC(=O)C[C@@H]1CO1. The van der Waals surface area contributed by atoms with E-state index >= 15 is 0 Å². The number of rotatable bonds is 2. The smallest absolute Gasteiger partial charge is 0.132 e. The van der Waals surface area contributed by atoms with E-state index in [1.807, 2.05) is 0 Å². The van der Waals surface area contributed by atoms with Gasteiger partial charge in [0.1, 0.15) is 5.78 Å². The maximum atomic E-state index is 10.2. The lowest BCUT2D eigenvalue weighted by molar-refractivity contribution is -0.117. The molecule has 2 heteroatoms. The standard InChI is InChI=1S/C5H8O2/c1-4(6)2-5-3-7-5/h5H,2-3H2,1H3/t5-/m1/s1. The first-order valence-corrected chi connectivity index (χ1v) is 2.40. The average Bonchev–Trinajstić information content (AvgIpc) is 2.17. The fourth-order valence-corrected chi connectivity index (χ4v) is 0.507. The van der Waals surface area contributed by atoms with Gasteiger partial charge in [-0.2, -0.15) is 0 Å². The van der Waals surface area contributed by atoms with Crippen LogP contribution in [0.5, 0.6) is 0 Å². The van der Waals surface area contributed by atoms with Crippen molar-refractivity contribution in [1.29, 1.82) is 0 Å². The molecule has 0 aromatic carbocycles. The number of ketones is 1. The summed E-state index contributed by atoms with van der Waals surface area (Å²) in [6.07, 6.45) is 0.887. The van der Waals surface area contributed by atoms with E-state index in [2.05, 4.69) is 0 Å². The maximum absolute atomic E-state index is 10.2. The molecule has 1 aliphatic rings. The van der Waals surface area contributed by atoms with Gasteiger partial charge in [0.05, 0.1) is 12.7 Å². The van der Waals surface area contributed by atoms with E-state index < -0.39 is 0 Å². The summed E-state index contributed by atoms with van der Waals surface area (Å²) in [5.74, 6) is 0.225. The van der Waals surface area contributed by atoms with Gasteiger partial charge in [0.15, 0.2) is 0 Å². The Bertz CT molecular complexity index is 84.1. The van der Waals surface area contributed by atoms with Crippen LogP contribution in [0.1, 0.15) is 13.3 Å². The number of ether oxygens (including phenoxy) is 1. The van der Waals surface area contributed by atoms with Gasteiger partial charge in [-0.25, -0.2) is 0 Å². The van der Waals surface area contributed by atoms with E-state index in [1.165, 1.54) is 0 Å². The number of carbonyl (C=O) groups is 1. The molecule has 1 heterocycles. The van der Waals surface area contributed by atoms with Crippen molar-refractivity contribution in [2.45, 2.75) is 19.4 Å². The second kappa shape index (κ2) is 1.62. The second-order valence-electron chi connectivity index (χ2n) is 1.86. The van der Waals surface area contributed by atoms with Crippen molar-refractivity contribution in [2.24, 2.45) is 0 Å². The molecule has 0 aromatic rings. The number of hydrogen-bond donors (Lipinski definition) is 0. The summed E-state index contributed by atoms with van der Waals surface area (Å²) in [5, 5.41) is 0. The van der Waals surface area contributed by atoms with Crippen molar-refractivity contribution >= 4 is 5.78 Å². The van der Waals surface area contributed by atoms with Gasteiger partial charge in [-0.05, 0) is 6.92 Å². The van der Waals surface area contributed by atoms with Crippen LogP contribution in [-0.2, 0) is 9.53 Å². The van der Waals surface area contributed by atoms with Gasteiger partial charge in [0.2, 0.25) is 0 Å². The maximum Gasteiger partial charge on any atom is 0.132 e. The minimum Gasteiger partial charge on any atom is -0.373 e. The minimum atomic E-state index is 0.225. The molecule has 40 valence electrons. The van der Waals surface area contributed by atoms with Crippen LogP contribution in [0.2, 0.25) is 0 Å². The zero-order chi connectivity index (χ0) is 5.28. The van der Waals surface area contributed by atoms with E-state index in [1.54, 1.807) is 6.92 Å². The predicted octanol–water partition coefficient (Wildman–Crippen LogP) is 0.364. The van der Waals surface area contributed by atoms with Crippen molar-refractivity contribution in [1.82, 2.24) is 0 Å². The highest BCUT2D eigenvalue weighted by atomic mass is 16.6. The van der Waals surface area contributed by atoms with Crippen LogP contribution in [0.3, 0.4) is 0 Å². The molecule has 0 N–H and O–H groups in total. The molecular formula is C5H8O2. The van der Waals surface area contributed by atoms with Crippen LogP contribution in [0.4, 0.5) is 0 Å². The van der Waals surface area contributed by atoms with Crippen LogP contribution < -0.4 is 0 Å². The average molecular weight is 100 g/mol. The highest BCUT2D eigenvalue weighted by Crippen LogP contribution is 2.12. The Labute approximate surface area is 42.5 Å². The lowest BCUT2D eigenvalue weighted by Gasteiger charge is -1.81. The van der Waals surface area contributed by atoms with Gasteiger partial charge in [-0.3, -0.25) is 4.79 Å². The van der Waals surface area contributed by atoms with Gasteiger partial charge in [0, 0.05) is 6.42 Å². The molecule has 1 rings (SSSR count). The highest BCUT2D eigenvalue weighted by Gasteiger charge is 2.23. The molecule has 0 bridgehead atoms. The van der Waals surface area contributed by atoms with E-state index in [0.717, 1.165) is 6.61 Å². The molecular weight excluding hydrogens is 92.1 g/mol. The molecule has 0 radical (unpaired) electrons.